The second-order valence-corrected chi connectivity index (χ2v) is 2.31. The molecule has 0 saturated heterocycles. The maximum atomic E-state index is 4.59. The fraction of sp³-hybridized carbons (Fsp3) is 0.375. The minimum atomic E-state index is 0.720. The molecule has 0 saturated carbocycles. The Hall–Kier alpha value is -1.45. The van der Waals surface area contributed by atoms with Gasteiger partial charge in [-0.05, 0) is 18.5 Å². The zero-order valence-electron chi connectivity index (χ0n) is 7.24. The van der Waals surface area contributed by atoms with Crippen molar-refractivity contribution in [2.45, 2.75) is 20.3 Å². The number of rotatable bonds is 3. The summed E-state index contributed by atoms with van der Waals surface area (Å²) in [6.07, 6.45) is 2.27. The Bertz CT molecular complexity index is 301. The van der Waals surface area contributed by atoms with Gasteiger partial charge in [-0.2, -0.15) is 0 Å². The maximum absolute atomic E-state index is 4.59. The molecule has 64 valence electrons. The van der Waals surface area contributed by atoms with Gasteiger partial charge in [0.05, 0.1) is 5.71 Å². The van der Waals surface area contributed by atoms with E-state index in [1.165, 1.54) is 6.20 Å². The summed E-state index contributed by atoms with van der Waals surface area (Å²) in [4.78, 5) is 3.99. The van der Waals surface area contributed by atoms with Gasteiger partial charge < -0.3 is 0 Å². The minimum absolute atomic E-state index is 0.720. The van der Waals surface area contributed by atoms with Crippen LogP contribution in [0.1, 0.15) is 25.2 Å². The summed E-state index contributed by atoms with van der Waals surface area (Å²) in [7, 11) is 0. The fourth-order valence-electron chi connectivity index (χ4n) is 0.911. The molecule has 0 aromatic carbocycles. The molecule has 0 aliphatic rings. The molecule has 1 aromatic heterocycles. The molecule has 0 aliphatic carbocycles. The maximum Gasteiger partial charge on any atom is 0.152 e. The van der Waals surface area contributed by atoms with E-state index in [1.807, 2.05) is 13.8 Å². The van der Waals surface area contributed by atoms with Gasteiger partial charge in [-0.3, -0.25) is 4.99 Å². The van der Waals surface area contributed by atoms with E-state index in [1.54, 1.807) is 0 Å². The first kappa shape index (κ1) is 8.64. The molecule has 0 N–H and O–H groups in total. The lowest BCUT2D eigenvalue weighted by Gasteiger charge is -1.92. The quantitative estimate of drug-likeness (QED) is 0.639. The van der Waals surface area contributed by atoms with E-state index < -0.39 is 0 Å². The van der Waals surface area contributed by atoms with Crippen molar-refractivity contribution in [1.29, 1.82) is 0 Å². The molecule has 0 aliphatic heterocycles. The average molecular weight is 165 g/mol. The number of aryl methyl sites for hydroxylation is 1. The number of nitrogens with zero attached hydrogens (tertiary/aromatic N) is 3. The largest absolute Gasteiger partial charge is 0.260 e. The normalized spacial score (nSPS) is 11.7. The van der Waals surface area contributed by atoms with Crippen molar-refractivity contribution in [3.63, 3.8) is 0 Å². The van der Waals surface area contributed by atoms with Gasteiger partial charge in [-0.1, -0.05) is 18.7 Å². The Labute approximate surface area is 71.0 Å². The second kappa shape index (κ2) is 3.80. The third-order valence-corrected chi connectivity index (χ3v) is 1.52. The van der Waals surface area contributed by atoms with Gasteiger partial charge in [0.2, 0.25) is 0 Å². The van der Waals surface area contributed by atoms with Crippen molar-refractivity contribution in [3.05, 3.63) is 24.2 Å². The first-order chi connectivity index (χ1) is 5.79. The Morgan fingerprint density at radius 2 is 2.42 bits per heavy atom. The van der Waals surface area contributed by atoms with E-state index in [9.17, 15) is 0 Å². The lowest BCUT2D eigenvalue weighted by Crippen LogP contribution is -1.98. The van der Waals surface area contributed by atoms with Crippen LogP contribution in [0.15, 0.2) is 22.4 Å². The average Bonchev–Trinajstić information content (AvgIpc) is 2.51. The van der Waals surface area contributed by atoms with Crippen LogP contribution in [0.3, 0.4) is 0 Å². The number of hydrogen-bond acceptors (Lipinski definition) is 4. The Morgan fingerprint density at radius 3 is 3.00 bits per heavy atom. The van der Waals surface area contributed by atoms with E-state index in [0.717, 1.165) is 23.5 Å². The Balaban J connectivity index is 3.01. The van der Waals surface area contributed by atoms with Crippen molar-refractivity contribution in [2.75, 3.05) is 0 Å². The fourth-order valence-corrected chi connectivity index (χ4v) is 0.911. The molecule has 0 atom stereocenters. The molecule has 1 aromatic rings. The lowest BCUT2D eigenvalue weighted by atomic mass is 10.2. The molecular formula is C8H11N3O. The summed E-state index contributed by atoms with van der Waals surface area (Å²) in [5.41, 5.74) is 2.33. The van der Waals surface area contributed by atoms with Crippen LogP contribution in [-0.2, 0) is 6.42 Å². The van der Waals surface area contributed by atoms with Gasteiger partial charge in [0.1, 0.15) is 5.69 Å². The van der Waals surface area contributed by atoms with Crippen LogP contribution in [0, 0.1) is 0 Å². The van der Waals surface area contributed by atoms with E-state index >= 15 is 0 Å². The van der Waals surface area contributed by atoms with Crippen LogP contribution in [0.25, 0.3) is 0 Å². The van der Waals surface area contributed by atoms with Crippen LogP contribution < -0.4 is 0 Å². The van der Waals surface area contributed by atoms with Crippen LogP contribution >= 0.6 is 0 Å². The van der Waals surface area contributed by atoms with E-state index in [2.05, 4.69) is 26.5 Å². The topological polar surface area (TPSA) is 51.3 Å². The highest BCUT2D eigenvalue weighted by Gasteiger charge is 2.09. The van der Waals surface area contributed by atoms with Gasteiger partial charge in [0.25, 0.3) is 0 Å². The molecule has 12 heavy (non-hydrogen) atoms. The van der Waals surface area contributed by atoms with Crippen molar-refractivity contribution < 1.29 is 4.63 Å². The smallest absolute Gasteiger partial charge is 0.152 e. The molecule has 1 rings (SSSR count). The van der Waals surface area contributed by atoms with Crippen LogP contribution in [0.2, 0.25) is 0 Å². The summed E-state index contributed by atoms with van der Waals surface area (Å²) in [6, 6.07) is 0. The summed E-state index contributed by atoms with van der Waals surface area (Å²) >= 11 is 0. The second-order valence-electron chi connectivity index (χ2n) is 2.31. The van der Waals surface area contributed by atoms with Crippen LogP contribution in [0.5, 0.6) is 0 Å². The van der Waals surface area contributed by atoms with Gasteiger partial charge in [-0.25, -0.2) is 4.63 Å². The number of aromatic nitrogens is 2. The van der Waals surface area contributed by atoms with E-state index in [4.69, 9.17) is 0 Å². The molecule has 0 unspecified atom stereocenters. The van der Waals surface area contributed by atoms with Gasteiger partial charge in [0.15, 0.2) is 5.69 Å². The van der Waals surface area contributed by atoms with Gasteiger partial charge in [0, 0.05) is 6.20 Å². The highest BCUT2D eigenvalue weighted by molar-refractivity contribution is 5.98. The van der Waals surface area contributed by atoms with Crippen molar-refractivity contribution >= 4 is 5.71 Å². The molecule has 0 spiro atoms. The molecule has 0 amide bonds. The van der Waals surface area contributed by atoms with Crippen molar-refractivity contribution in [2.24, 2.45) is 4.99 Å². The summed E-state index contributed by atoms with van der Waals surface area (Å²) < 4.78 is 4.59. The SMILES string of the molecule is C=C/N=C(/C)c1nonc1CC. The van der Waals surface area contributed by atoms with Gasteiger partial charge >= 0.3 is 0 Å². The van der Waals surface area contributed by atoms with Gasteiger partial charge in [-0.15, -0.1) is 0 Å². The molecular weight excluding hydrogens is 154 g/mol. The first-order valence-corrected chi connectivity index (χ1v) is 3.76. The van der Waals surface area contributed by atoms with Crippen molar-refractivity contribution in [1.82, 2.24) is 10.3 Å². The number of aliphatic imine (C=N–C) groups is 1. The highest BCUT2D eigenvalue weighted by Crippen LogP contribution is 2.04. The van der Waals surface area contributed by atoms with Crippen LogP contribution in [0.4, 0.5) is 0 Å². The standard InChI is InChI=1S/C8H11N3O/c1-4-7-8(11-12-10-7)6(3)9-5-2/h5H,2,4H2,1,3H3/b9-6-. The molecule has 4 nitrogen and oxygen atoms in total. The summed E-state index contributed by atoms with van der Waals surface area (Å²) in [5, 5.41) is 7.48. The van der Waals surface area contributed by atoms with Crippen LogP contribution in [-0.4, -0.2) is 16.0 Å². The van der Waals surface area contributed by atoms with Crippen molar-refractivity contribution in [3.8, 4) is 0 Å². The molecule has 0 bridgehead atoms. The third kappa shape index (κ3) is 1.58. The summed E-state index contributed by atoms with van der Waals surface area (Å²) in [6.45, 7) is 7.34. The molecule has 4 heteroatoms. The highest BCUT2D eigenvalue weighted by atomic mass is 16.6. The monoisotopic (exact) mass is 165 g/mol. The first-order valence-electron chi connectivity index (χ1n) is 3.76. The Kier molecular flexibility index (Phi) is 2.74. The number of hydrogen-bond donors (Lipinski definition) is 0. The molecule has 0 radical (unpaired) electrons. The molecule has 0 fully saturated rings. The predicted molar refractivity (Wildman–Crippen MR) is 46.1 cm³/mol. The minimum Gasteiger partial charge on any atom is -0.260 e. The predicted octanol–water partition coefficient (Wildman–Crippen LogP) is 1.58. The lowest BCUT2D eigenvalue weighted by molar-refractivity contribution is 0.303. The van der Waals surface area contributed by atoms with E-state index in [0.29, 0.717) is 0 Å². The summed E-state index contributed by atoms with van der Waals surface area (Å²) in [5.74, 6) is 0. The molecule has 1 heterocycles. The van der Waals surface area contributed by atoms with E-state index in [-0.39, 0.29) is 0 Å². The Morgan fingerprint density at radius 1 is 1.67 bits per heavy atom. The third-order valence-electron chi connectivity index (χ3n) is 1.52. The zero-order valence-corrected chi connectivity index (χ0v) is 7.24. The zero-order chi connectivity index (χ0) is 8.97.